The van der Waals surface area contributed by atoms with Crippen molar-refractivity contribution in [3.63, 3.8) is 0 Å². The third-order valence-corrected chi connectivity index (χ3v) is 8.28. The molecule has 1 spiro atoms. The van der Waals surface area contributed by atoms with Gasteiger partial charge < -0.3 is 5.32 Å². The van der Waals surface area contributed by atoms with E-state index in [0.29, 0.717) is 19.4 Å². The highest BCUT2D eigenvalue weighted by atomic mass is 16.2. The van der Waals surface area contributed by atoms with Crippen LogP contribution in [0.1, 0.15) is 27.8 Å². The van der Waals surface area contributed by atoms with Crippen molar-refractivity contribution < 1.29 is 14.4 Å². The van der Waals surface area contributed by atoms with Crippen LogP contribution in [0.25, 0.3) is 0 Å². The number of aryl methyl sites for hydroxylation is 1. The topological polar surface area (TPSA) is 78.5 Å². The van der Waals surface area contributed by atoms with Gasteiger partial charge in [-0.2, -0.15) is 0 Å². The van der Waals surface area contributed by atoms with Crippen LogP contribution in [0.3, 0.4) is 0 Å². The molecule has 0 aliphatic carbocycles. The molecule has 4 atom stereocenters. The zero-order chi connectivity index (χ0) is 25.0. The number of hydrogen-bond acceptors (Lipinski definition) is 4. The fourth-order valence-electron chi connectivity index (χ4n) is 6.33. The van der Waals surface area contributed by atoms with Crippen LogP contribution in [0.4, 0.5) is 5.69 Å². The number of carbonyl (C=O) groups is 3. The van der Waals surface area contributed by atoms with Crippen LogP contribution in [0.15, 0.2) is 72.8 Å². The third-order valence-electron chi connectivity index (χ3n) is 8.28. The van der Waals surface area contributed by atoms with Gasteiger partial charge >= 0.3 is 0 Å². The number of anilines is 1. The second-order valence-corrected chi connectivity index (χ2v) is 10.2. The summed E-state index contributed by atoms with van der Waals surface area (Å²) in [4.78, 5) is 42.9. The van der Waals surface area contributed by atoms with Crippen molar-refractivity contribution in [3.8, 4) is 0 Å². The summed E-state index contributed by atoms with van der Waals surface area (Å²) in [7, 11) is 0. The van der Waals surface area contributed by atoms with Crippen LogP contribution >= 0.6 is 0 Å². The van der Waals surface area contributed by atoms with Crippen molar-refractivity contribution >= 4 is 23.4 Å². The number of imide groups is 1. The van der Waals surface area contributed by atoms with Gasteiger partial charge in [-0.05, 0) is 48.9 Å². The summed E-state index contributed by atoms with van der Waals surface area (Å²) in [5.41, 5.74) is 4.46. The minimum Gasteiger partial charge on any atom is -0.324 e. The molecular formula is C30H29N3O3. The number of rotatable bonds is 5. The number of amides is 3. The molecule has 36 heavy (non-hydrogen) atoms. The lowest BCUT2D eigenvalue weighted by atomic mass is 9.75. The van der Waals surface area contributed by atoms with Crippen molar-refractivity contribution in [3.05, 3.63) is 101 Å². The van der Waals surface area contributed by atoms with E-state index in [9.17, 15) is 14.4 Å². The van der Waals surface area contributed by atoms with E-state index in [1.165, 1.54) is 4.90 Å². The molecule has 3 aliphatic rings. The first-order valence-corrected chi connectivity index (χ1v) is 12.5. The maximum absolute atomic E-state index is 14.0. The Bertz CT molecular complexity index is 1370. The Morgan fingerprint density at radius 1 is 0.833 bits per heavy atom. The van der Waals surface area contributed by atoms with Gasteiger partial charge in [0.2, 0.25) is 17.7 Å². The van der Waals surface area contributed by atoms with Crippen LogP contribution < -0.4 is 10.6 Å². The standard InChI is InChI=1S/C30H29N3O3/c1-18-13-14-22-26(19(18)2)31-29(36)30(22)25-24(23(32-30)17-21-11-7-4-8-12-21)27(34)33(28(25)35)16-15-20-9-5-3-6-10-20/h3-14,23-25,32H,15-17H2,1-2H3,(H,31,36)/t23-,24-,25+,30+/m1/s1. The Morgan fingerprint density at radius 2 is 1.50 bits per heavy atom. The van der Waals surface area contributed by atoms with Gasteiger partial charge in [-0.15, -0.1) is 0 Å². The molecule has 0 saturated carbocycles. The van der Waals surface area contributed by atoms with Crippen LogP contribution in [0.5, 0.6) is 0 Å². The molecule has 3 amide bonds. The molecule has 0 bridgehead atoms. The summed E-state index contributed by atoms with van der Waals surface area (Å²) < 4.78 is 0. The van der Waals surface area contributed by atoms with Crippen molar-refractivity contribution in [1.82, 2.24) is 10.2 Å². The number of benzene rings is 3. The lowest BCUT2D eigenvalue weighted by Gasteiger charge is -2.29. The Morgan fingerprint density at radius 3 is 2.19 bits per heavy atom. The number of nitrogens with one attached hydrogen (secondary N) is 2. The molecule has 3 heterocycles. The molecule has 2 fully saturated rings. The van der Waals surface area contributed by atoms with Gasteiger partial charge in [0.25, 0.3) is 0 Å². The number of fused-ring (bicyclic) bond motifs is 4. The molecule has 2 N–H and O–H groups in total. The molecule has 182 valence electrons. The predicted molar refractivity (Wildman–Crippen MR) is 137 cm³/mol. The first-order valence-electron chi connectivity index (χ1n) is 12.5. The Labute approximate surface area is 210 Å². The zero-order valence-electron chi connectivity index (χ0n) is 20.5. The van der Waals surface area contributed by atoms with E-state index >= 15 is 0 Å². The molecule has 6 heteroatoms. The molecule has 6 rings (SSSR count). The maximum Gasteiger partial charge on any atom is 0.250 e. The minimum absolute atomic E-state index is 0.184. The normalized spacial score (nSPS) is 26.4. The lowest BCUT2D eigenvalue weighted by Crippen LogP contribution is -2.53. The molecule has 0 aromatic heterocycles. The summed E-state index contributed by atoms with van der Waals surface area (Å²) in [6.07, 6.45) is 1.14. The molecule has 3 aromatic carbocycles. The van der Waals surface area contributed by atoms with Gasteiger partial charge in [-0.3, -0.25) is 24.6 Å². The van der Waals surface area contributed by atoms with Gasteiger partial charge in [-0.25, -0.2) is 0 Å². The second kappa shape index (κ2) is 8.42. The summed E-state index contributed by atoms with van der Waals surface area (Å²) in [5.74, 6) is -2.08. The van der Waals surface area contributed by atoms with Crippen molar-refractivity contribution in [2.75, 3.05) is 11.9 Å². The molecular weight excluding hydrogens is 450 g/mol. The molecule has 0 unspecified atom stereocenters. The summed E-state index contributed by atoms with van der Waals surface area (Å²) >= 11 is 0. The Kier molecular flexibility index (Phi) is 5.30. The first kappa shape index (κ1) is 22.7. The number of nitrogens with zero attached hydrogens (tertiary/aromatic N) is 1. The van der Waals surface area contributed by atoms with E-state index in [0.717, 1.165) is 33.5 Å². The zero-order valence-corrected chi connectivity index (χ0v) is 20.5. The quantitative estimate of drug-likeness (QED) is 0.549. The highest BCUT2D eigenvalue weighted by molar-refractivity contribution is 6.15. The van der Waals surface area contributed by atoms with Crippen LogP contribution in [0.2, 0.25) is 0 Å². The predicted octanol–water partition coefficient (Wildman–Crippen LogP) is 3.51. The Balaban J connectivity index is 1.42. The van der Waals surface area contributed by atoms with Gasteiger partial charge in [0, 0.05) is 23.8 Å². The molecule has 6 nitrogen and oxygen atoms in total. The van der Waals surface area contributed by atoms with Crippen molar-refractivity contribution in [1.29, 1.82) is 0 Å². The van der Waals surface area contributed by atoms with E-state index in [1.54, 1.807) is 0 Å². The largest absolute Gasteiger partial charge is 0.324 e. The van der Waals surface area contributed by atoms with Crippen molar-refractivity contribution in [2.45, 2.75) is 38.3 Å². The van der Waals surface area contributed by atoms with E-state index in [2.05, 4.69) is 10.6 Å². The van der Waals surface area contributed by atoms with E-state index in [-0.39, 0.29) is 23.8 Å². The van der Waals surface area contributed by atoms with E-state index < -0.39 is 17.4 Å². The maximum atomic E-state index is 14.0. The van der Waals surface area contributed by atoms with E-state index in [1.807, 2.05) is 86.6 Å². The van der Waals surface area contributed by atoms with Crippen molar-refractivity contribution in [2.24, 2.45) is 11.8 Å². The second-order valence-electron chi connectivity index (χ2n) is 10.2. The molecule has 0 radical (unpaired) electrons. The summed E-state index contributed by atoms with van der Waals surface area (Å²) in [5, 5.41) is 6.61. The van der Waals surface area contributed by atoms with Gasteiger partial charge in [0.15, 0.2) is 0 Å². The highest BCUT2D eigenvalue weighted by Crippen LogP contribution is 2.54. The smallest absolute Gasteiger partial charge is 0.250 e. The number of carbonyl (C=O) groups excluding carboxylic acids is 3. The van der Waals surface area contributed by atoms with Gasteiger partial charge in [0.05, 0.1) is 11.8 Å². The van der Waals surface area contributed by atoms with Gasteiger partial charge in [-0.1, -0.05) is 72.8 Å². The van der Waals surface area contributed by atoms with Gasteiger partial charge in [0.1, 0.15) is 5.54 Å². The first-order chi connectivity index (χ1) is 17.4. The lowest BCUT2D eigenvalue weighted by molar-refractivity contribution is -0.142. The fraction of sp³-hybridized carbons (Fsp3) is 0.300. The minimum atomic E-state index is -1.26. The molecule has 3 aliphatic heterocycles. The highest BCUT2D eigenvalue weighted by Gasteiger charge is 2.70. The molecule has 2 saturated heterocycles. The summed E-state index contributed by atoms with van der Waals surface area (Å²) in [6.45, 7) is 4.30. The fourth-order valence-corrected chi connectivity index (χ4v) is 6.33. The molecule has 3 aromatic rings. The average molecular weight is 480 g/mol. The van der Waals surface area contributed by atoms with Crippen LogP contribution in [-0.2, 0) is 32.8 Å². The Hall–Kier alpha value is -3.77. The average Bonchev–Trinajstić information content (AvgIpc) is 3.46. The van der Waals surface area contributed by atoms with Crippen LogP contribution in [-0.4, -0.2) is 35.2 Å². The SMILES string of the molecule is Cc1ccc2c(c1C)NC(=O)[C@]21N[C@H](Cc2ccccc2)[C@H]2C(=O)N(CCc3ccccc3)C(=O)[C@H]21. The third kappa shape index (κ3) is 3.24. The van der Waals surface area contributed by atoms with E-state index in [4.69, 9.17) is 0 Å². The summed E-state index contributed by atoms with van der Waals surface area (Å²) in [6, 6.07) is 23.4. The number of hydrogen-bond donors (Lipinski definition) is 2. The monoisotopic (exact) mass is 479 g/mol. The number of likely N-dealkylation sites (tertiary alicyclic amines) is 1. The van der Waals surface area contributed by atoms with Crippen LogP contribution in [0, 0.1) is 25.7 Å².